The maximum Gasteiger partial charge on any atom is 0.115 e. The molecule has 0 aliphatic rings. The molecule has 0 fully saturated rings. The third kappa shape index (κ3) is 1.69. The molecule has 13 heavy (non-hydrogen) atoms. The number of aryl methyl sites for hydroxylation is 1. The second kappa shape index (κ2) is 3.31. The van der Waals surface area contributed by atoms with Gasteiger partial charge in [-0.25, -0.2) is 9.97 Å². The SMILES string of the molecule is Cc1cncc(-c2cncnc2)c1. The van der Waals surface area contributed by atoms with Crippen LogP contribution in [0.1, 0.15) is 5.56 Å². The number of nitrogens with zero attached hydrogens (tertiary/aromatic N) is 3. The van der Waals surface area contributed by atoms with E-state index in [0.29, 0.717) is 0 Å². The second-order valence-electron chi connectivity index (χ2n) is 2.88. The molecule has 0 aliphatic carbocycles. The van der Waals surface area contributed by atoms with Gasteiger partial charge in [0.2, 0.25) is 0 Å². The zero-order chi connectivity index (χ0) is 9.10. The van der Waals surface area contributed by atoms with Crippen molar-refractivity contribution in [2.45, 2.75) is 6.92 Å². The first-order chi connectivity index (χ1) is 6.36. The molecule has 3 nitrogen and oxygen atoms in total. The smallest absolute Gasteiger partial charge is 0.115 e. The van der Waals surface area contributed by atoms with Crippen molar-refractivity contribution in [3.63, 3.8) is 0 Å². The second-order valence-corrected chi connectivity index (χ2v) is 2.88. The Balaban J connectivity index is 2.48. The summed E-state index contributed by atoms with van der Waals surface area (Å²) in [7, 11) is 0. The molecule has 2 heterocycles. The van der Waals surface area contributed by atoms with Crippen LogP contribution in [0.3, 0.4) is 0 Å². The third-order valence-electron chi connectivity index (χ3n) is 1.77. The Kier molecular flexibility index (Phi) is 2.00. The van der Waals surface area contributed by atoms with Crippen LogP contribution >= 0.6 is 0 Å². The molecule has 0 spiro atoms. The Hall–Kier alpha value is -1.77. The van der Waals surface area contributed by atoms with E-state index in [1.807, 2.05) is 19.3 Å². The van der Waals surface area contributed by atoms with Gasteiger partial charge in [-0.3, -0.25) is 4.98 Å². The summed E-state index contributed by atoms with van der Waals surface area (Å²) in [4.78, 5) is 12.0. The lowest BCUT2D eigenvalue weighted by atomic mass is 10.1. The normalized spacial score (nSPS) is 9.92. The Morgan fingerprint density at radius 3 is 2.23 bits per heavy atom. The van der Waals surface area contributed by atoms with Crippen LogP contribution in [-0.4, -0.2) is 15.0 Å². The molecule has 0 saturated carbocycles. The number of pyridine rings is 1. The van der Waals surface area contributed by atoms with E-state index < -0.39 is 0 Å². The fraction of sp³-hybridized carbons (Fsp3) is 0.100. The van der Waals surface area contributed by atoms with Gasteiger partial charge in [-0.2, -0.15) is 0 Å². The lowest BCUT2D eigenvalue weighted by Gasteiger charge is -1.99. The third-order valence-corrected chi connectivity index (χ3v) is 1.77. The molecule has 0 amide bonds. The molecule has 0 N–H and O–H groups in total. The van der Waals surface area contributed by atoms with Crippen LogP contribution in [0, 0.1) is 6.92 Å². The van der Waals surface area contributed by atoms with E-state index in [9.17, 15) is 0 Å². The van der Waals surface area contributed by atoms with Gasteiger partial charge in [0.05, 0.1) is 0 Å². The summed E-state index contributed by atoms with van der Waals surface area (Å²) in [5.74, 6) is 0. The average molecular weight is 171 g/mol. The van der Waals surface area contributed by atoms with Crippen molar-refractivity contribution in [2.24, 2.45) is 0 Å². The highest BCUT2D eigenvalue weighted by Gasteiger charge is 1.97. The molecule has 2 aromatic heterocycles. The lowest BCUT2D eigenvalue weighted by molar-refractivity contribution is 1.16. The molecule has 0 bridgehead atoms. The first-order valence-corrected chi connectivity index (χ1v) is 4.03. The largest absolute Gasteiger partial charge is 0.264 e. The summed E-state index contributed by atoms with van der Waals surface area (Å²) in [6.45, 7) is 2.01. The molecule has 0 radical (unpaired) electrons. The standard InChI is InChI=1S/C10H9N3/c1-8-2-9(4-11-3-8)10-5-12-7-13-6-10/h2-7H,1H3. The molecule has 2 aromatic rings. The first kappa shape index (κ1) is 7.86. The lowest BCUT2D eigenvalue weighted by Crippen LogP contribution is -1.84. The van der Waals surface area contributed by atoms with Crippen molar-refractivity contribution < 1.29 is 0 Å². The highest BCUT2D eigenvalue weighted by atomic mass is 14.8. The van der Waals surface area contributed by atoms with E-state index >= 15 is 0 Å². The van der Waals surface area contributed by atoms with E-state index in [-0.39, 0.29) is 0 Å². The molecule has 3 heteroatoms. The summed E-state index contributed by atoms with van der Waals surface area (Å²) < 4.78 is 0. The number of aromatic nitrogens is 3. The van der Waals surface area contributed by atoms with E-state index in [1.165, 1.54) is 6.33 Å². The molecular weight excluding hydrogens is 162 g/mol. The van der Waals surface area contributed by atoms with Crippen LogP contribution in [0.5, 0.6) is 0 Å². The van der Waals surface area contributed by atoms with Crippen molar-refractivity contribution >= 4 is 0 Å². The fourth-order valence-electron chi connectivity index (χ4n) is 1.16. The minimum absolute atomic E-state index is 0.999. The molecule has 0 saturated heterocycles. The van der Waals surface area contributed by atoms with Gasteiger partial charge in [-0.15, -0.1) is 0 Å². The molecule has 0 aromatic carbocycles. The van der Waals surface area contributed by atoms with Gasteiger partial charge < -0.3 is 0 Å². The van der Waals surface area contributed by atoms with Gasteiger partial charge in [0.15, 0.2) is 0 Å². The molecular formula is C10H9N3. The first-order valence-electron chi connectivity index (χ1n) is 4.03. The van der Waals surface area contributed by atoms with Crippen molar-refractivity contribution in [1.29, 1.82) is 0 Å². The Labute approximate surface area is 76.5 Å². The predicted molar refractivity (Wildman–Crippen MR) is 50.0 cm³/mol. The maximum atomic E-state index is 4.11. The molecule has 0 aliphatic heterocycles. The average Bonchev–Trinajstić information content (AvgIpc) is 2.19. The van der Waals surface area contributed by atoms with Crippen LogP contribution in [-0.2, 0) is 0 Å². The number of hydrogen-bond donors (Lipinski definition) is 0. The van der Waals surface area contributed by atoms with Gasteiger partial charge >= 0.3 is 0 Å². The highest BCUT2D eigenvalue weighted by Crippen LogP contribution is 2.16. The minimum Gasteiger partial charge on any atom is -0.264 e. The van der Waals surface area contributed by atoms with Crippen molar-refractivity contribution in [1.82, 2.24) is 15.0 Å². The van der Waals surface area contributed by atoms with Crippen LogP contribution < -0.4 is 0 Å². The van der Waals surface area contributed by atoms with Gasteiger partial charge in [-0.05, 0) is 18.6 Å². The van der Waals surface area contributed by atoms with E-state index in [0.717, 1.165) is 16.7 Å². The zero-order valence-electron chi connectivity index (χ0n) is 7.31. The topological polar surface area (TPSA) is 38.7 Å². The summed E-state index contributed by atoms with van der Waals surface area (Å²) in [5, 5.41) is 0. The quantitative estimate of drug-likeness (QED) is 0.657. The van der Waals surface area contributed by atoms with E-state index in [4.69, 9.17) is 0 Å². The van der Waals surface area contributed by atoms with E-state index in [1.54, 1.807) is 12.4 Å². The summed E-state index contributed by atoms with van der Waals surface area (Å²) in [6.07, 6.45) is 8.72. The minimum atomic E-state index is 0.999. The predicted octanol–water partition coefficient (Wildman–Crippen LogP) is 1.85. The molecule has 64 valence electrons. The van der Waals surface area contributed by atoms with Crippen molar-refractivity contribution in [3.8, 4) is 11.1 Å². The highest BCUT2D eigenvalue weighted by molar-refractivity contribution is 5.60. The summed E-state index contributed by atoms with van der Waals surface area (Å²) >= 11 is 0. The van der Waals surface area contributed by atoms with Crippen molar-refractivity contribution in [2.75, 3.05) is 0 Å². The number of rotatable bonds is 1. The van der Waals surface area contributed by atoms with Gasteiger partial charge in [-0.1, -0.05) is 0 Å². The summed E-state index contributed by atoms with van der Waals surface area (Å²) in [6, 6.07) is 2.06. The monoisotopic (exact) mass is 171 g/mol. The Morgan fingerprint density at radius 2 is 1.54 bits per heavy atom. The van der Waals surface area contributed by atoms with Gasteiger partial charge in [0, 0.05) is 35.9 Å². The van der Waals surface area contributed by atoms with Crippen molar-refractivity contribution in [3.05, 3.63) is 42.7 Å². The summed E-state index contributed by atoms with van der Waals surface area (Å²) in [5.41, 5.74) is 3.20. The van der Waals surface area contributed by atoms with E-state index in [2.05, 4.69) is 21.0 Å². The van der Waals surface area contributed by atoms with Crippen LogP contribution in [0.4, 0.5) is 0 Å². The van der Waals surface area contributed by atoms with Crippen LogP contribution in [0.25, 0.3) is 11.1 Å². The Bertz CT molecular complexity index is 398. The number of hydrogen-bond acceptors (Lipinski definition) is 3. The fourth-order valence-corrected chi connectivity index (χ4v) is 1.16. The maximum absolute atomic E-state index is 4.11. The van der Waals surface area contributed by atoms with Gasteiger partial charge in [0.1, 0.15) is 6.33 Å². The molecule has 2 rings (SSSR count). The zero-order valence-corrected chi connectivity index (χ0v) is 7.31. The molecule has 0 atom stereocenters. The van der Waals surface area contributed by atoms with Crippen LogP contribution in [0.2, 0.25) is 0 Å². The molecule has 0 unspecified atom stereocenters. The Morgan fingerprint density at radius 1 is 0.846 bits per heavy atom. The van der Waals surface area contributed by atoms with Crippen LogP contribution in [0.15, 0.2) is 37.2 Å². The van der Waals surface area contributed by atoms with Gasteiger partial charge in [0.25, 0.3) is 0 Å².